The summed E-state index contributed by atoms with van der Waals surface area (Å²) in [6, 6.07) is 16.9. The van der Waals surface area contributed by atoms with Crippen molar-refractivity contribution in [3.05, 3.63) is 82.4 Å². The van der Waals surface area contributed by atoms with E-state index in [2.05, 4.69) is 17.0 Å². The maximum absolute atomic E-state index is 12.9. The van der Waals surface area contributed by atoms with Crippen molar-refractivity contribution in [2.45, 2.75) is 37.2 Å². The third kappa shape index (κ3) is 4.07. The molecule has 2 heterocycles. The van der Waals surface area contributed by atoms with Crippen LogP contribution in [0, 0.1) is 6.92 Å². The van der Waals surface area contributed by atoms with E-state index < -0.39 is 10.1 Å². The first kappa shape index (κ1) is 21.8. The van der Waals surface area contributed by atoms with Crippen molar-refractivity contribution in [2.24, 2.45) is 0 Å². The van der Waals surface area contributed by atoms with Crippen molar-refractivity contribution in [1.29, 1.82) is 0 Å². The van der Waals surface area contributed by atoms with Crippen LogP contribution >= 0.6 is 0 Å². The third-order valence-corrected chi connectivity index (χ3v) is 7.85. The molecular weight excluding hydrogens is 438 g/mol. The van der Waals surface area contributed by atoms with Crippen LogP contribution in [-0.4, -0.2) is 34.1 Å². The minimum absolute atomic E-state index is 0.120. The fraction of sp³-hybridized carbons (Fsp3) is 0.308. The molecule has 0 fully saturated rings. The molecule has 0 bridgehead atoms. The summed E-state index contributed by atoms with van der Waals surface area (Å²) in [4.78, 5) is 2.59. The van der Waals surface area contributed by atoms with Gasteiger partial charge in [-0.2, -0.15) is 8.42 Å². The number of ether oxygens (including phenoxy) is 2. The van der Waals surface area contributed by atoms with E-state index in [4.69, 9.17) is 13.7 Å². The maximum atomic E-state index is 12.9. The summed E-state index contributed by atoms with van der Waals surface area (Å²) in [5, 5.41) is 0. The molecule has 1 unspecified atom stereocenters. The van der Waals surface area contributed by atoms with Gasteiger partial charge in [0.1, 0.15) is 10.6 Å². The zero-order valence-corrected chi connectivity index (χ0v) is 19.8. The summed E-state index contributed by atoms with van der Waals surface area (Å²) in [5.74, 6) is 1.52. The lowest BCUT2D eigenvalue weighted by molar-refractivity contribution is 0.160. The number of rotatable bonds is 5. The van der Waals surface area contributed by atoms with E-state index in [9.17, 15) is 8.42 Å². The second-order valence-electron chi connectivity index (χ2n) is 8.63. The van der Waals surface area contributed by atoms with Gasteiger partial charge in [0.15, 0.2) is 11.5 Å². The van der Waals surface area contributed by atoms with Gasteiger partial charge in [0, 0.05) is 19.1 Å². The van der Waals surface area contributed by atoms with Crippen molar-refractivity contribution in [2.75, 3.05) is 20.8 Å². The Hall–Kier alpha value is -3.03. The Morgan fingerprint density at radius 1 is 0.879 bits per heavy atom. The quantitative estimate of drug-likeness (QED) is 0.519. The van der Waals surface area contributed by atoms with Crippen molar-refractivity contribution in [1.82, 2.24) is 4.90 Å². The van der Waals surface area contributed by atoms with Crippen molar-refractivity contribution in [3.63, 3.8) is 0 Å². The first-order chi connectivity index (χ1) is 15.9. The van der Waals surface area contributed by atoms with Crippen molar-refractivity contribution >= 4 is 10.1 Å². The first-order valence-corrected chi connectivity index (χ1v) is 12.4. The molecule has 0 radical (unpaired) electrons. The summed E-state index contributed by atoms with van der Waals surface area (Å²) in [6.45, 7) is 3.66. The van der Waals surface area contributed by atoms with Gasteiger partial charge in [0.05, 0.1) is 14.2 Å². The number of methoxy groups -OCH3 is 2. The van der Waals surface area contributed by atoms with Crippen LogP contribution in [0.3, 0.4) is 0 Å². The molecule has 2 aliphatic rings. The van der Waals surface area contributed by atoms with E-state index in [1.807, 2.05) is 25.1 Å². The molecule has 5 rings (SSSR count). The van der Waals surface area contributed by atoms with Gasteiger partial charge in [-0.05, 0) is 78.4 Å². The maximum Gasteiger partial charge on any atom is 0.339 e. The minimum atomic E-state index is -3.97. The Kier molecular flexibility index (Phi) is 5.54. The molecule has 0 N–H and O–H groups in total. The Bertz CT molecular complexity index is 1300. The summed E-state index contributed by atoms with van der Waals surface area (Å²) < 4.78 is 42.3. The zero-order chi connectivity index (χ0) is 23.2. The molecule has 3 aromatic carbocycles. The van der Waals surface area contributed by atoms with Crippen LogP contribution in [-0.2, 0) is 29.5 Å². The highest BCUT2D eigenvalue weighted by molar-refractivity contribution is 7.87. The molecule has 3 aromatic rings. The van der Waals surface area contributed by atoms with Gasteiger partial charge < -0.3 is 13.7 Å². The SMILES string of the molecule is COc1ccc2c(c1)CCN1Cc3cc(OC)c(OS(=O)(=O)c4ccc(C)cc4)cc3CC21. The second kappa shape index (κ2) is 8.39. The summed E-state index contributed by atoms with van der Waals surface area (Å²) >= 11 is 0. The van der Waals surface area contributed by atoms with E-state index in [0.717, 1.165) is 48.4 Å². The molecule has 33 heavy (non-hydrogen) atoms. The minimum Gasteiger partial charge on any atom is -0.497 e. The number of benzene rings is 3. The van der Waals surface area contributed by atoms with Crippen LogP contribution in [0.15, 0.2) is 59.5 Å². The van der Waals surface area contributed by atoms with Crippen LogP contribution in [0.25, 0.3) is 0 Å². The van der Waals surface area contributed by atoms with E-state index >= 15 is 0 Å². The average molecular weight is 466 g/mol. The van der Waals surface area contributed by atoms with Crippen molar-refractivity contribution < 1.29 is 22.1 Å². The molecule has 1 atom stereocenters. The summed E-state index contributed by atoms with van der Waals surface area (Å²) in [7, 11) is -0.754. The van der Waals surface area contributed by atoms with Gasteiger partial charge in [0.25, 0.3) is 0 Å². The van der Waals surface area contributed by atoms with Crippen LogP contribution in [0.2, 0.25) is 0 Å². The number of fused-ring (bicyclic) bond motifs is 4. The molecule has 0 aromatic heterocycles. The lowest BCUT2D eigenvalue weighted by atomic mass is 9.84. The predicted molar refractivity (Wildman–Crippen MR) is 126 cm³/mol. The molecule has 7 heteroatoms. The lowest BCUT2D eigenvalue weighted by Crippen LogP contribution is -2.39. The fourth-order valence-electron chi connectivity index (χ4n) is 4.80. The molecule has 0 spiro atoms. The van der Waals surface area contributed by atoms with Crippen LogP contribution in [0.5, 0.6) is 17.2 Å². The largest absolute Gasteiger partial charge is 0.497 e. The Morgan fingerprint density at radius 2 is 1.64 bits per heavy atom. The molecule has 0 amide bonds. The smallest absolute Gasteiger partial charge is 0.339 e. The van der Waals surface area contributed by atoms with Crippen LogP contribution < -0.4 is 13.7 Å². The molecule has 2 aliphatic heterocycles. The average Bonchev–Trinajstić information content (AvgIpc) is 2.82. The van der Waals surface area contributed by atoms with Crippen LogP contribution in [0.4, 0.5) is 0 Å². The molecule has 0 saturated carbocycles. The van der Waals surface area contributed by atoms with Gasteiger partial charge in [-0.1, -0.05) is 23.8 Å². The molecule has 6 nitrogen and oxygen atoms in total. The third-order valence-electron chi connectivity index (χ3n) is 6.60. The van der Waals surface area contributed by atoms with Crippen LogP contribution in [0.1, 0.15) is 33.9 Å². The molecule has 0 aliphatic carbocycles. The zero-order valence-electron chi connectivity index (χ0n) is 19.0. The van der Waals surface area contributed by atoms with E-state index in [-0.39, 0.29) is 16.7 Å². The molecule has 172 valence electrons. The summed E-state index contributed by atoms with van der Waals surface area (Å²) in [5.41, 5.74) is 5.81. The van der Waals surface area contributed by atoms with Gasteiger partial charge in [-0.3, -0.25) is 4.90 Å². The number of hydrogen-bond donors (Lipinski definition) is 0. The normalized spacial score (nSPS) is 17.5. The standard InChI is InChI=1S/C26H27NO5S/c1-17-4-7-22(8-5-17)33(28,29)32-26-14-19-13-24-23-9-6-21(30-2)12-18(23)10-11-27(24)16-20(19)15-25(26)31-3/h4-9,12,14-15,24H,10-11,13,16H2,1-3H3. The number of aryl methyl sites for hydroxylation is 1. The molecule has 0 saturated heterocycles. The lowest BCUT2D eigenvalue weighted by Gasteiger charge is -2.41. The fourth-order valence-corrected chi connectivity index (χ4v) is 5.73. The van der Waals surface area contributed by atoms with Gasteiger partial charge >= 0.3 is 10.1 Å². The molecular formula is C26H27NO5S. The monoisotopic (exact) mass is 465 g/mol. The predicted octanol–water partition coefficient (Wildman–Crippen LogP) is 4.44. The van der Waals surface area contributed by atoms with E-state index in [1.54, 1.807) is 31.4 Å². The number of hydrogen-bond acceptors (Lipinski definition) is 6. The highest BCUT2D eigenvalue weighted by Crippen LogP contribution is 2.42. The Labute approximate surface area is 194 Å². The number of nitrogens with zero attached hydrogens (tertiary/aromatic N) is 1. The highest BCUT2D eigenvalue weighted by Gasteiger charge is 2.33. The summed E-state index contributed by atoms with van der Waals surface area (Å²) in [6.07, 6.45) is 1.76. The van der Waals surface area contributed by atoms with Gasteiger partial charge in [-0.25, -0.2) is 0 Å². The van der Waals surface area contributed by atoms with E-state index in [0.29, 0.717) is 5.75 Å². The van der Waals surface area contributed by atoms with Crippen molar-refractivity contribution in [3.8, 4) is 17.2 Å². The van der Waals surface area contributed by atoms with E-state index in [1.165, 1.54) is 18.2 Å². The highest BCUT2D eigenvalue weighted by atomic mass is 32.2. The second-order valence-corrected chi connectivity index (χ2v) is 10.2. The topological polar surface area (TPSA) is 65.1 Å². The van der Waals surface area contributed by atoms with Gasteiger partial charge in [-0.15, -0.1) is 0 Å². The Morgan fingerprint density at radius 3 is 2.36 bits per heavy atom. The van der Waals surface area contributed by atoms with Gasteiger partial charge in [0.2, 0.25) is 0 Å². The Balaban J connectivity index is 1.48. The first-order valence-electron chi connectivity index (χ1n) is 11.0.